The minimum absolute atomic E-state index is 0.0779. The first kappa shape index (κ1) is 33.7. The largest absolute Gasteiger partial charge is 0.446 e. The van der Waals surface area contributed by atoms with Crippen molar-refractivity contribution >= 4 is 43.3 Å². The number of piperidine rings is 1. The fourth-order valence-corrected chi connectivity index (χ4v) is 5.99. The number of anilines is 2. The van der Waals surface area contributed by atoms with Crippen LogP contribution in [0.4, 0.5) is 16.2 Å². The van der Waals surface area contributed by atoms with Gasteiger partial charge in [0.2, 0.25) is 5.91 Å². The normalized spacial score (nSPS) is 14.7. The second-order valence-corrected chi connectivity index (χ2v) is 18.4. The van der Waals surface area contributed by atoms with Gasteiger partial charge in [-0.3, -0.25) is 10.1 Å². The van der Waals surface area contributed by atoms with Crippen molar-refractivity contribution in [3.05, 3.63) is 82.9 Å². The van der Waals surface area contributed by atoms with Crippen molar-refractivity contribution < 1.29 is 18.8 Å². The van der Waals surface area contributed by atoms with Gasteiger partial charge in [0.15, 0.2) is 8.32 Å². The van der Waals surface area contributed by atoms with Gasteiger partial charge in [-0.1, -0.05) is 74.8 Å². The third-order valence-electron chi connectivity index (χ3n) is 8.72. The predicted octanol–water partition coefficient (Wildman–Crippen LogP) is 8.74. The van der Waals surface area contributed by atoms with Gasteiger partial charge >= 0.3 is 6.09 Å². The van der Waals surface area contributed by atoms with E-state index >= 15 is 0 Å². The van der Waals surface area contributed by atoms with Crippen LogP contribution in [-0.4, -0.2) is 51.5 Å². The monoisotopic (exact) mass is 635 g/mol. The SMILES string of the molecule is CN1CCC(OC(=O)Nc2ccc(CCC(=O)Nc3ccc(CO[Si](C)(C)C(C)(C)C)c(Cl)c3)cc2-c2ccccc2)CC1. The topological polar surface area (TPSA) is 79.9 Å². The number of ether oxygens (including phenoxy) is 1. The van der Waals surface area contributed by atoms with E-state index in [0.29, 0.717) is 35.8 Å². The van der Waals surface area contributed by atoms with Crippen LogP contribution in [0.15, 0.2) is 66.7 Å². The molecule has 0 bridgehead atoms. The number of nitrogens with zero attached hydrogens (tertiary/aromatic N) is 1. The Morgan fingerprint density at radius 1 is 0.977 bits per heavy atom. The van der Waals surface area contributed by atoms with Crippen LogP contribution < -0.4 is 10.6 Å². The van der Waals surface area contributed by atoms with E-state index in [1.807, 2.05) is 60.7 Å². The number of likely N-dealkylation sites (tertiary alicyclic amines) is 1. The average molecular weight is 636 g/mol. The maximum atomic E-state index is 12.9. The van der Waals surface area contributed by atoms with Gasteiger partial charge in [-0.25, -0.2) is 4.79 Å². The van der Waals surface area contributed by atoms with Crippen LogP contribution in [0, 0.1) is 0 Å². The van der Waals surface area contributed by atoms with Gasteiger partial charge in [-0.15, -0.1) is 0 Å². The second kappa shape index (κ2) is 14.7. The molecule has 236 valence electrons. The molecule has 2 amide bonds. The Hall–Kier alpha value is -3.17. The second-order valence-electron chi connectivity index (χ2n) is 13.2. The van der Waals surface area contributed by atoms with Crippen LogP contribution in [0.5, 0.6) is 0 Å². The fraction of sp³-hybridized carbons (Fsp3) is 0.429. The quantitative estimate of drug-likeness (QED) is 0.218. The highest BCUT2D eigenvalue weighted by atomic mass is 35.5. The molecule has 0 spiro atoms. The molecule has 3 aromatic carbocycles. The lowest BCUT2D eigenvalue weighted by Gasteiger charge is -2.36. The lowest BCUT2D eigenvalue weighted by molar-refractivity contribution is -0.116. The number of amides is 2. The molecule has 44 heavy (non-hydrogen) atoms. The van der Waals surface area contributed by atoms with Crippen molar-refractivity contribution in [2.75, 3.05) is 30.8 Å². The highest BCUT2D eigenvalue weighted by Crippen LogP contribution is 2.37. The molecule has 4 rings (SSSR count). The maximum absolute atomic E-state index is 12.9. The van der Waals surface area contributed by atoms with Gasteiger partial charge in [0.25, 0.3) is 0 Å². The summed E-state index contributed by atoms with van der Waals surface area (Å²) >= 11 is 6.56. The van der Waals surface area contributed by atoms with E-state index in [1.165, 1.54) is 0 Å². The van der Waals surface area contributed by atoms with Crippen molar-refractivity contribution in [1.29, 1.82) is 0 Å². The van der Waals surface area contributed by atoms with Gasteiger partial charge in [-0.2, -0.15) is 0 Å². The highest BCUT2D eigenvalue weighted by Gasteiger charge is 2.37. The van der Waals surface area contributed by atoms with Crippen LogP contribution in [0.25, 0.3) is 11.1 Å². The first-order chi connectivity index (χ1) is 20.8. The van der Waals surface area contributed by atoms with Crippen molar-refractivity contribution in [1.82, 2.24) is 4.90 Å². The Labute approximate surface area is 268 Å². The molecule has 2 N–H and O–H groups in total. The van der Waals surface area contributed by atoms with E-state index in [0.717, 1.165) is 48.2 Å². The first-order valence-corrected chi connectivity index (χ1v) is 18.7. The molecule has 0 aliphatic carbocycles. The summed E-state index contributed by atoms with van der Waals surface area (Å²) in [5.74, 6) is -0.100. The number of carbonyl (C=O) groups is 2. The van der Waals surface area contributed by atoms with Crippen LogP contribution in [0.2, 0.25) is 23.2 Å². The van der Waals surface area contributed by atoms with Crippen LogP contribution in [0.3, 0.4) is 0 Å². The van der Waals surface area contributed by atoms with E-state index in [2.05, 4.69) is 56.4 Å². The molecule has 9 heteroatoms. The molecule has 7 nitrogen and oxygen atoms in total. The number of aryl methyl sites for hydroxylation is 1. The number of benzene rings is 3. The molecule has 0 unspecified atom stereocenters. The maximum Gasteiger partial charge on any atom is 0.411 e. The fourth-order valence-electron chi connectivity index (χ4n) is 4.80. The molecule has 0 atom stereocenters. The van der Waals surface area contributed by atoms with Gasteiger partial charge < -0.3 is 19.4 Å². The summed E-state index contributed by atoms with van der Waals surface area (Å²) in [6, 6.07) is 21.3. The first-order valence-electron chi connectivity index (χ1n) is 15.4. The number of nitrogens with one attached hydrogen (secondary N) is 2. The summed E-state index contributed by atoms with van der Waals surface area (Å²) in [6.07, 6.45) is 1.98. The van der Waals surface area contributed by atoms with Crippen molar-refractivity contribution in [3.63, 3.8) is 0 Å². The number of rotatable bonds is 10. The molecule has 1 saturated heterocycles. The Balaban J connectivity index is 1.36. The summed E-state index contributed by atoms with van der Waals surface area (Å²) in [6.45, 7) is 13.3. The van der Waals surface area contributed by atoms with E-state index < -0.39 is 14.4 Å². The predicted molar refractivity (Wildman–Crippen MR) is 183 cm³/mol. The summed E-state index contributed by atoms with van der Waals surface area (Å²) < 4.78 is 12.0. The summed E-state index contributed by atoms with van der Waals surface area (Å²) in [4.78, 5) is 27.9. The van der Waals surface area contributed by atoms with Gasteiger partial charge in [-0.05, 0) is 85.4 Å². The summed E-state index contributed by atoms with van der Waals surface area (Å²) in [5.41, 5.74) is 5.08. The zero-order chi connectivity index (χ0) is 31.9. The molecule has 1 fully saturated rings. The van der Waals surface area contributed by atoms with Crippen LogP contribution >= 0.6 is 11.6 Å². The van der Waals surface area contributed by atoms with E-state index in [1.54, 1.807) is 6.07 Å². The number of hydrogen-bond donors (Lipinski definition) is 2. The lowest BCUT2D eigenvalue weighted by Crippen LogP contribution is -2.40. The molecular weight excluding hydrogens is 590 g/mol. The van der Waals surface area contributed by atoms with Gasteiger partial charge in [0.1, 0.15) is 6.10 Å². The molecule has 1 heterocycles. The number of carbonyl (C=O) groups excluding carboxylic acids is 2. The Kier molecular flexibility index (Phi) is 11.3. The van der Waals surface area contributed by atoms with E-state index in [-0.39, 0.29) is 17.0 Å². The number of hydrogen-bond acceptors (Lipinski definition) is 5. The zero-order valence-corrected chi connectivity index (χ0v) is 28.6. The third kappa shape index (κ3) is 9.41. The van der Waals surface area contributed by atoms with Gasteiger partial charge in [0.05, 0.1) is 12.3 Å². The molecule has 0 aromatic heterocycles. The Bertz CT molecular complexity index is 1430. The summed E-state index contributed by atoms with van der Waals surface area (Å²) in [7, 11) is 0.178. The number of halogens is 1. The molecular formula is C35H46ClN3O4Si. The van der Waals surface area contributed by atoms with Crippen LogP contribution in [-0.2, 0) is 27.0 Å². The summed E-state index contributed by atoms with van der Waals surface area (Å²) in [5, 5.41) is 6.61. The molecule has 0 radical (unpaired) electrons. The molecule has 0 saturated carbocycles. The standard InChI is InChI=1S/C35H46ClN3O4Si/c1-35(2,3)44(5,6)42-24-27-14-15-28(23-31(27)36)37-33(40)17-13-25-12-16-32(30(22-25)26-10-8-7-9-11-26)38-34(41)43-29-18-20-39(4)21-19-29/h7-12,14-16,22-23,29H,13,17-21,24H2,1-6H3,(H,37,40)(H,38,41). The minimum atomic E-state index is -1.90. The zero-order valence-electron chi connectivity index (χ0n) is 26.8. The minimum Gasteiger partial charge on any atom is -0.446 e. The van der Waals surface area contributed by atoms with Crippen molar-refractivity contribution in [2.24, 2.45) is 0 Å². The van der Waals surface area contributed by atoms with Crippen LogP contribution in [0.1, 0.15) is 51.2 Å². The molecule has 3 aromatic rings. The third-order valence-corrected chi connectivity index (χ3v) is 13.5. The van der Waals surface area contributed by atoms with E-state index in [9.17, 15) is 9.59 Å². The van der Waals surface area contributed by atoms with Crippen molar-refractivity contribution in [2.45, 2.75) is 77.3 Å². The van der Waals surface area contributed by atoms with E-state index in [4.69, 9.17) is 20.8 Å². The lowest BCUT2D eigenvalue weighted by atomic mass is 9.99. The smallest absolute Gasteiger partial charge is 0.411 e. The van der Waals surface area contributed by atoms with Gasteiger partial charge in [0, 0.05) is 35.8 Å². The average Bonchev–Trinajstić information content (AvgIpc) is 2.97. The Morgan fingerprint density at radius 2 is 1.68 bits per heavy atom. The van der Waals surface area contributed by atoms with Crippen molar-refractivity contribution in [3.8, 4) is 11.1 Å². The molecule has 1 aliphatic rings. The Morgan fingerprint density at radius 3 is 2.34 bits per heavy atom. The molecule has 1 aliphatic heterocycles. The highest BCUT2D eigenvalue weighted by molar-refractivity contribution is 6.74.